The Bertz CT molecular complexity index is 558. The molecule has 1 aromatic carbocycles. The van der Waals surface area contributed by atoms with Crippen molar-refractivity contribution in [3.05, 3.63) is 41.0 Å². The smallest absolute Gasteiger partial charge is 0.256 e. The number of halogens is 2. The van der Waals surface area contributed by atoms with Gasteiger partial charge >= 0.3 is 0 Å². The van der Waals surface area contributed by atoms with Crippen LogP contribution < -0.4 is 5.73 Å². The molecule has 20 heavy (non-hydrogen) atoms. The Morgan fingerprint density at radius 2 is 2.10 bits per heavy atom. The summed E-state index contributed by atoms with van der Waals surface area (Å²) in [5.41, 5.74) is 6.64. The number of methoxy groups -OCH3 is 1. The van der Waals surface area contributed by atoms with Crippen LogP contribution in [0.1, 0.15) is 16.8 Å². The lowest BCUT2D eigenvalue weighted by Crippen LogP contribution is -2.35. The van der Waals surface area contributed by atoms with Crippen molar-refractivity contribution in [3.63, 3.8) is 0 Å². The lowest BCUT2D eigenvalue weighted by Gasteiger charge is -2.26. The third-order valence-electron chi connectivity index (χ3n) is 3.24. The Hall–Kier alpha value is -1.95. The van der Waals surface area contributed by atoms with E-state index in [-0.39, 0.29) is 11.3 Å². The van der Waals surface area contributed by atoms with Crippen LogP contribution in [0.15, 0.2) is 23.8 Å². The van der Waals surface area contributed by atoms with Gasteiger partial charge in [-0.3, -0.25) is 4.79 Å². The highest BCUT2D eigenvalue weighted by atomic mass is 19.2. The highest BCUT2D eigenvalue weighted by Gasteiger charge is 2.22. The monoisotopic (exact) mass is 282 g/mol. The summed E-state index contributed by atoms with van der Waals surface area (Å²) in [4.78, 5) is 13.8. The van der Waals surface area contributed by atoms with Gasteiger partial charge in [-0.2, -0.15) is 0 Å². The van der Waals surface area contributed by atoms with Gasteiger partial charge in [0.1, 0.15) is 0 Å². The number of hydrogen-bond acceptors (Lipinski definition) is 3. The van der Waals surface area contributed by atoms with Crippen molar-refractivity contribution in [2.75, 3.05) is 32.5 Å². The molecule has 2 N–H and O–H groups in total. The molecule has 1 heterocycles. The first kappa shape index (κ1) is 14.5. The van der Waals surface area contributed by atoms with Crippen molar-refractivity contribution in [2.45, 2.75) is 6.42 Å². The van der Waals surface area contributed by atoms with Crippen molar-refractivity contribution in [3.8, 4) is 0 Å². The second-order valence-electron chi connectivity index (χ2n) is 4.65. The van der Waals surface area contributed by atoms with Crippen LogP contribution in [0.25, 0.3) is 0 Å². The van der Waals surface area contributed by atoms with Crippen LogP contribution in [0.2, 0.25) is 0 Å². The van der Waals surface area contributed by atoms with E-state index in [1.165, 1.54) is 0 Å². The Labute approximate surface area is 115 Å². The molecule has 0 aromatic heterocycles. The van der Waals surface area contributed by atoms with Crippen LogP contribution >= 0.6 is 0 Å². The Morgan fingerprint density at radius 1 is 1.40 bits per heavy atom. The maximum absolute atomic E-state index is 13.2. The van der Waals surface area contributed by atoms with Gasteiger partial charge in [-0.05, 0) is 18.1 Å². The van der Waals surface area contributed by atoms with Gasteiger partial charge in [0.15, 0.2) is 11.6 Å². The number of carbonyl (C=O) groups excluding carboxylic acids is 1. The first-order valence-corrected chi connectivity index (χ1v) is 6.23. The fourth-order valence-electron chi connectivity index (χ4n) is 2.13. The van der Waals surface area contributed by atoms with E-state index in [9.17, 15) is 13.6 Å². The van der Waals surface area contributed by atoms with Gasteiger partial charge in [-0.15, -0.1) is 0 Å². The number of nitrogens with two attached hydrogens (primary N) is 1. The van der Waals surface area contributed by atoms with Gasteiger partial charge in [0, 0.05) is 32.0 Å². The van der Waals surface area contributed by atoms with Crippen LogP contribution in [-0.2, 0) is 4.74 Å². The Morgan fingerprint density at radius 3 is 2.70 bits per heavy atom. The van der Waals surface area contributed by atoms with Crippen molar-refractivity contribution < 1.29 is 18.3 Å². The van der Waals surface area contributed by atoms with Gasteiger partial charge in [0.05, 0.1) is 12.2 Å². The number of rotatable bonds is 3. The number of ether oxygens (including phenoxy) is 1. The molecule has 0 radical (unpaired) electrons. The number of nitrogens with zero attached hydrogens (tertiary/aromatic N) is 1. The second kappa shape index (κ2) is 6.00. The summed E-state index contributed by atoms with van der Waals surface area (Å²) < 4.78 is 31.2. The lowest BCUT2D eigenvalue weighted by molar-refractivity contribution is 0.0765. The van der Waals surface area contributed by atoms with Crippen molar-refractivity contribution in [1.29, 1.82) is 0 Å². The molecule has 0 saturated carbocycles. The number of carbonyl (C=O) groups is 1. The molecule has 0 atom stereocenters. The molecule has 0 aliphatic carbocycles. The van der Waals surface area contributed by atoms with Gasteiger partial charge in [-0.25, -0.2) is 8.78 Å². The fourth-order valence-corrected chi connectivity index (χ4v) is 2.13. The first-order valence-electron chi connectivity index (χ1n) is 6.23. The number of nitrogen functional groups attached to an aromatic ring is 1. The van der Waals surface area contributed by atoms with E-state index < -0.39 is 17.5 Å². The first-order chi connectivity index (χ1) is 9.52. The molecule has 1 aliphatic heterocycles. The molecule has 0 fully saturated rings. The minimum Gasteiger partial charge on any atom is -0.398 e. The zero-order valence-corrected chi connectivity index (χ0v) is 11.2. The van der Waals surface area contributed by atoms with E-state index in [0.29, 0.717) is 26.1 Å². The minimum atomic E-state index is -1.07. The molecule has 0 bridgehead atoms. The molecule has 1 amide bonds. The predicted molar refractivity (Wildman–Crippen MR) is 71.2 cm³/mol. The van der Waals surface area contributed by atoms with Gasteiger partial charge in [-0.1, -0.05) is 6.08 Å². The Balaban J connectivity index is 2.15. The van der Waals surface area contributed by atoms with E-state index in [1.807, 2.05) is 6.08 Å². The van der Waals surface area contributed by atoms with Crippen LogP contribution in [0.5, 0.6) is 0 Å². The van der Waals surface area contributed by atoms with Gasteiger partial charge in [0.25, 0.3) is 5.91 Å². The molecular weight excluding hydrogens is 266 g/mol. The number of benzene rings is 1. The summed E-state index contributed by atoms with van der Waals surface area (Å²) in [5.74, 6) is -2.52. The number of hydrogen-bond donors (Lipinski definition) is 1. The average Bonchev–Trinajstić information content (AvgIpc) is 2.43. The summed E-state index contributed by atoms with van der Waals surface area (Å²) in [5, 5.41) is 0. The van der Waals surface area contributed by atoms with Gasteiger partial charge < -0.3 is 15.4 Å². The molecule has 1 aliphatic rings. The molecule has 108 valence electrons. The minimum absolute atomic E-state index is 0.00695. The standard InChI is InChI=1S/C14H16F2N2O2/c1-20-8-9-2-4-18(5-3-9)14(19)10-6-11(15)12(16)7-13(10)17/h2,6-7H,3-5,8,17H2,1H3. The summed E-state index contributed by atoms with van der Waals surface area (Å²) in [6.45, 7) is 1.46. The van der Waals surface area contributed by atoms with Crippen LogP contribution in [0.4, 0.5) is 14.5 Å². The van der Waals surface area contributed by atoms with Crippen molar-refractivity contribution in [2.24, 2.45) is 0 Å². The molecular formula is C14H16F2N2O2. The molecule has 2 rings (SSSR count). The van der Waals surface area contributed by atoms with E-state index in [4.69, 9.17) is 10.5 Å². The highest BCUT2D eigenvalue weighted by Crippen LogP contribution is 2.21. The van der Waals surface area contributed by atoms with Crippen LogP contribution in [-0.4, -0.2) is 37.6 Å². The summed E-state index contributed by atoms with van der Waals surface area (Å²) >= 11 is 0. The zero-order valence-electron chi connectivity index (χ0n) is 11.2. The molecule has 0 saturated heterocycles. The fraction of sp³-hybridized carbons (Fsp3) is 0.357. The average molecular weight is 282 g/mol. The maximum Gasteiger partial charge on any atom is 0.256 e. The van der Waals surface area contributed by atoms with E-state index in [1.54, 1.807) is 12.0 Å². The largest absolute Gasteiger partial charge is 0.398 e. The van der Waals surface area contributed by atoms with Crippen LogP contribution in [0, 0.1) is 11.6 Å². The third-order valence-corrected chi connectivity index (χ3v) is 3.24. The summed E-state index contributed by atoms with van der Waals surface area (Å²) in [7, 11) is 1.61. The SMILES string of the molecule is COCC1=CCN(C(=O)c2cc(F)c(F)cc2N)CC1. The zero-order chi connectivity index (χ0) is 14.7. The van der Waals surface area contributed by atoms with Crippen LogP contribution in [0.3, 0.4) is 0 Å². The maximum atomic E-state index is 13.2. The van der Waals surface area contributed by atoms with E-state index in [0.717, 1.165) is 17.7 Å². The van der Waals surface area contributed by atoms with E-state index >= 15 is 0 Å². The van der Waals surface area contributed by atoms with E-state index in [2.05, 4.69) is 0 Å². The molecule has 1 aromatic rings. The number of amides is 1. The van der Waals surface area contributed by atoms with Crippen molar-refractivity contribution >= 4 is 11.6 Å². The quantitative estimate of drug-likeness (QED) is 0.681. The topological polar surface area (TPSA) is 55.6 Å². The lowest BCUT2D eigenvalue weighted by atomic mass is 10.1. The predicted octanol–water partition coefficient (Wildman–Crippen LogP) is 1.97. The molecule has 4 nitrogen and oxygen atoms in total. The second-order valence-corrected chi connectivity index (χ2v) is 4.65. The summed E-state index contributed by atoms with van der Waals surface area (Å²) in [6.07, 6.45) is 2.60. The third kappa shape index (κ3) is 2.96. The molecule has 0 unspecified atom stereocenters. The Kier molecular flexibility index (Phi) is 4.34. The molecule has 6 heteroatoms. The number of anilines is 1. The van der Waals surface area contributed by atoms with Crippen molar-refractivity contribution in [1.82, 2.24) is 4.90 Å². The summed E-state index contributed by atoms with van der Waals surface area (Å²) in [6, 6.07) is 1.68. The molecule has 0 spiro atoms. The van der Waals surface area contributed by atoms with Gasteiger partial charge in [0.2, 0.25) is 0 Å². The highest BCUT2D eigenvalue weighted by molar-refractivity contribution is 5.99. The normalized spacial score (nSPS) is 15.2.